The van der Waals surface area contributed by atoms with Crippen LogP contribution in [-0.4, -0.2) is 46.4 Å². The van der Waals surface area contributed by atoms with Crippen LogP contribution in [0.15, 0.2) is 0 Å². The number of rotatable bonds is 0. The number of amides is 3. The van der Waals surface area contributed by atoms with E-state index in [1.54, 1.807) is 41.5 Å². The predicted molar refractivity (Wildman–Crippen MR) is 72.8 cm³/mol. The van der Waals surface area contributed by atoms with Crippen molar-refractivity contribution in [3.8, 4) is 0 Å². The van der Waals surface area contributed by atoms with E-state index in [0.717, 1.165) is 11.9 Å². The van der Waals surface area contributed by atoms with E-state index in [-0.39, 0.29) is 0 Å². The minimum Gasteiger partial charge on any atom is -0.442 e. The second kappa shape index (κ2) is 6.11. The lowest BCUT2D eigenvalue weighted by Crippen LogP contribution is -2.52. The first-order chi connectivity index (χ1) is 8.74. The maximum Gasteiger partial charge on any atom is 0.436 e. The van der Waals surface area contributed by atoms with Crippen LogP contribution in [0.5, 0.6) is 0 Å². The number of hydrazine groups is 1. The zero-order chi connectivity index (χ0) is 16.3. The van der Waals surface area contributed by atoms with Gasteiger partial charge in [-0.25, -0.2) is 14.6 Å². The quantitative estimate of drug-likeness (QED) is 0.640. The third-order valence-corrected chi connectivity index (χ3v) is 1.82. The van der Waals surface area contributed by atoms with Gasteiger partial charge in [0.15, 0.2) is 0 Å². The van der Waals surface area contributed by atoms with Gasteiger partial charge in [-0.2, -0.15) is 0 Å². The van der Waals surface area contributed by atoms with Gasteiger partial charge in [0.2, 0.25) is 5.91 Å². The summed E-state index contributed by atoms with van der Waals surface area (Å²) in [5.41, 5.74) is -1.51. The Morgan fingerprint density at radius 1 is 0.800 bits per heavy atom. The first-order valence-electron chi connectivity index (χ1n) is 6.25. The van der Waals surface area contributed by atoms with Gasteiger partial charge in [-0.15, -0.1) is 5.01 Å². The maximum atomic E-state index is 11.9. The summed E-state index contributed by atoms with van der Waals surface area (Å²) in [7, 11) is 1.26. The Bertz CT molecular complexity index is 393. The molecule has 0 atom stereocenters. The Hall–Kier alpha value is -1.79. The molecule has 0 unspecified atom stereocenters. The average molecular weight is 288 g/mol. The van der Waals surface area contributed by atoms with Crippen molar-refractivity contribution in [3.05, 3.63) is 0 Å². The van der Waals surface area contributed by atoms with Crippen molar-refractivity contribution in [1.82, 2.24) is 10.0 Å². The molecule has 3 amide bonds. The third-order valence-electron chi connectivity index (χ3n) is 1.82. The van der Waals surface area contributed by atoms with Crippen molar-refractivity contribution in [1.29, 1.82) is 0 Å². The minimum absolute atomic E-state index is 0.597. The summed E-state index contributed by atoms with van der Waals surface area (Å²) in [6.07, 6.45) is -1.75. The van der Waals surface area contributed by atoms with Crippen molar-refractivity contribution in [2.24, 2.45) is 0 Å². The number of carbonyl (C=O) groups excluding carboxylic acids is 3. The molecule has 0 bridgehead atoms. The molecule has 0 aromatic heterocycles. The Morgan fingerprint density at radius 2 is 1.15 bits per heavy atom. The predicted octanol–water partition coefficient (Wildman–Crippen LogP) is 2.55. The first-order valence-corrected chi connectivity index (χ1v) is 6.25. The number of hydrogen-bond acceptors (Lipinski definition) is 5. The molecule has 0 spiro atoms. The molecule has 0 aromatic carbocycles. The fourth-order valence-electron chi connectivity index (χ4n) is 1.18. The number of ether oxygens (including phenoxy) is 2. The summed E-state index contributed by atoms with van der Waals surface area (Å²) >= 11 is 0. The molecule has 0 N–H and O–H groups in total. The summed E-state index contributed by atoms with van der Waals surface area (Å²) in [4.78, 5) is 35.4. The third kappa shape index (κ3) is 6.40. The van der Waals surface area contributed by atoms with Crippen LogP contribution in [-0.2, 0) is 14.3 Å². The second-order valence-corrected chi connectivity index (χ2v) is 6.32. The lowest BCUT2D eigenvalue weighted by molar-refractivity contribution is -0.141. The molecule has 0 aromatic rings. The standard InChI is InChI=1S/C13H24N2O5/c1-9(16)15(11(18)20-13(5,6)7)14(8)10(17)19-12(2,3)4/h1-8H3. The van der Waals surface area contributed by atoms with Gasteiger partial charge in [-0.05, 0) is 41.5 Å². The van der Waals surface area contributed by atoms with Gasteiger partial charge in [-0.1, -0.05) is 0 Å². The monoisotopic (exact) mass is 288 g/mol. The largest absolute Gasteiger partial charge is 0.442 e. The summed E-state index contributed by atoms with van der Waals surface area (Å²) in [5, 5.41) is 1.39. The Labute approximate surface area is 119 Å². The fraction of sp³-hybridized carbons (Fsp3) is 0.769. The van der Waals surface area contributed by atoms with E-state index in [4.69, 9.17) is 9.47 Å². The highest BCUT2D eigenvalue weighted by Crippen LogP contribution is 2.14. The van der Waals surface area contributed by atoms with Gasteiger partial charge in [-0.3, -0.25) is 4.79 Å². The summed E-state index contributed by atoms with van der Waals surface area (Å²) in [5.74, 6) is -0.646. The number of hydrogen-bond donors (Lipinski definition) is 0. The smallest absolute Gasteiger partial charge is 0.436 e. The molecule has 0 saturated heterocycles. The molecule has 0 radical (unpaired) electrons. The van der Waals surface area contributed by atoms with Crippen molar-refractivity contribution in [2.75, 3.05) is 7.05 Å². The zero-order valence-corrected chi connectivity index (χ0v) is 13.4. The van der Waals surface area contributed by atoms with E-state index in [1.807, 2.05) is 0 Å². The molecule has 0 fully saturated rings. The topological polar surface area (TPSA) is 76.2 Å². The molecule has 0 aliphatic rings. The van der Waals surface area contributed by atoms with E-state index in [2.05, 4.69) is 0 Å². The molecule has 0 aliphatic carbocycles. The fourth-order valence-corrected chi connectivity index (χ4v) is 1.18. The van der Waals surface area contributed by atoms with Crippen LogP contribution in [0.3, 0.4) is 0 Å². The highest BCUT2D eigenvalue weighted by atomic mass is 16.6. The lowest BCUT2D eigenvalue weighted by Gasteiger charge is -2.32. The van der Waals surface area contributed by atoms with Crippen LogP contribution in [0.25, 0.3) is 0 Å². The van der Waals surface area contributed by atoms with Crippen molar-refractivity contribution >= 4 is 18.1 Å². The zero-order valence-electron chi connectivity index (χ0n) is 13.4. The molecule has 20 heavy (non-hydrogen) atoms. The van der Waals surface area contributed by atoms with E-state index >= 15 is 0 Å². The van der Waals surface area contributed by atoms with Crippen LogP contribution in [0.4, 0.5) is 9.59 Å². The van der Waals surface area contributed by atoms with E-state index in [1.165, 1.54) is 7.05 Å². The van der Waals surface area contributed by atoms with Gasteiger partial charge in [0.1, 0.15) is 11.2 Å². The Morgan fingerprint density at radius 3 is 1.45 bits per heavy atom. The molecule has 0 aliphatic heterocycles. The molecule has 0 heterocycles. The van der Waals surface area contributed by atoms with E-state index in [0.29, 0.717) is 5.01 Å². The number of nitrogens with zero attached hydrogens (tertiary/aromatic N) is 2. The van der Waals surface area contributed by atoms with Crippen LogP contribution >= 0.6 is 0 Å². The molecule has 7 nitrogen and oxygen atoms in total. The SMILES string of the molecule is CC(=O)N(C(=O)OC(C)(C)C)N(C)C(=O)OC(C)(C)C. The number of carbonyl (C=O) groups is 3. The summed E-state index contributed by atoms with van der Waals surface area (Å²) < 4.78 is 10.2. The highest BCUT2D eigenvalue weighted by molar-refractivity contribution is 5.92. The molecule has 0 rings (SSSR count). The molecular weight excluding hydrogens is 264 g/mol. The van der Waals surface area contributed by atoms with Crippen LogP contribution in [0.2, 0.25) is 0 Å². The van der Waals surface area contributed by atoms with Crippen LogP contribution < -0.4 is 0 Å². The minimum atomic E-state index is -0.932. The van der Waals surface area contributed by atoms with Gasteiger partial charge in [0, 0.05) is 14.0 Å². The van der Waals surface area contributed by atoms with Gasteiger partial charge in [0.05, 0.1) is 0 Å². The van der Waals surface area contributed by atoms with Gasteiger partial charge >= 0.3 is 12.2 Å². The molecule has 116 valence electrons. The molecule has 7 heteroatoms. The van der Waals surface area contributed by atoms with Crippen molar-refractivity contribution in [3.63, 3.8) is 0 Å². The first kappa shape index (κ1) is 18.2. The number of imide groups is 1. The van der Waals surface area contributed by atoms with E-state index < -0.39 is 29.3 Å². The van der Waals surface area contributed by atoms with Crippen LogP contribution in [0.1, 0.15) is 48.5 Å². The normalized spacial score (nSPS) is 11.6. The van der Waals surface area contributed by atoms with Crippen molar-refractivity contribution < 1.29 is 23.9 Å². The van der Waals surface area contributed by atoms with Crippen LogP contribution in [0, 0.1) is 0 Å². The lowest BCUT2D eigenvalue weighted by atomic mass is 10.2. The van der Waals surface area contributed by atoms with Gasteiger partial charge < -0.3 is 9.47 Å². The van der Waals surface area contributed by atoms with Gasteiger partial charge in [0.25, 0.3) is 0 Å². The molecule has 0 saturated carbocycles. The highest BCUT2D eigenvalue weighted by Gasteiger charge is 2.33. The average Bonchev–Trinajstić information content (AvgIpc) is 2.10. The second-order valence-electron chi connectivity index (χ2n) is 6.32. The molecular formula is C13H24N2O5. The van der Waals surface area contributed by atoms with Crippen molar-refractivity contribution in [2.45, 2.75) is 59.7 Å². The summed E-state index contributed by atoms with van der Waals surface area (Å²) in [6, 6.07) is 0. The summed E-state index contributed by atoms with van der Waals surface area (Å²) in [6.45, 7) is 11.2. The van der Waals surface area contributed by atoms with E-state index in [9.17, 15) is 14.4 Å². The Balaban J connectivity index is 5.06. The Kier molecular flexibility index (Phi) is 5.56. The maximum absolute atomic E-state index is 11.9.